The molecule has 1 N–H and O–H groups in total. The molecule has 1 aliphatic rings. The number of aromatic nitrogens is 2. The van der Waals surface area contributed by atoms with Gasteiger partial charge >= 0.3 is 5.63 Å². The Morgan fingerprint density at radius 2 is 1.78 bits per heavy atom. The second kappa shape index (κ2) is 8.33. The zero-order chi connectivity index (χ0) is 22.2. The summed E-state index contributed by atoms with van der Waals surface area (Å²) in [7, 11) is 0. The summed E-state index contributed by atoms with van der Waals surface area (Å²) in [5, 5.41) is 12.1. The quantitative estimate of drug-likeness (QED) is 0.532. The van der Waals surface area contributed by atoms with E-state index < -0.39 is 11.7 Å². The van der Waals surface area contributed by atoms with Gasteiger partial charge in [0.1, 0.15) is 11.2 Å². The molecule has 0 amide bonds. The standard InChI is InChI=1S/C25H26N4O3/c1-16-9-10-18-20(26-16)6-4-7-21(18)29-13-11-28(12-14-29)15-22(30)19-5-3-8-23-24(19)27-17(2)25(31)32-23/h3-10,22,30H,11-15H2,1-2H3. The average molecular weight is 431 g/mol. The average Bonchev–Trinajstić information content (AvgIpc) is 2.79. The molecule has 1 atom stereocenters. The Morgan fingerprint density at radius 1 is 1.00 bits per heavy atom. The van der Waals surface area contributed by atoms with Crippen LogP contribution in [0.15, 0.2) is 57.7 Å². The van der Waals surface area contributed by atoms with Crippen molar-refractivity contribution >= 4 is 27.7 Å². The van der Waals surface area contributed by atoms with Gasteiger partial charge in [-0.05, 0) is 44.2 Å². The normalized spacial score (nSPS) is 16.0. The SMILES string of the molecule is Cc1ccc2c(N3CCN(CC(O)c4cccc5oc(=O)c(C)nc45)CC3)cccc2n1. The molecule has 2 aromatic carbocycles. The Labute approximate surface area is 185 Å². The van der Waals surface area contributed by atoms with E-state index in [9.17, 15) is 9.90 Å². The van der Waals surface area contributed by atoms with E-state index in [-0.39, 0.29) is 0 Å². The van der Waals surface area contributed by atoms with Crippen LogP contribution in [0.2, 0.25) is 0 Å². The van der Waals surface area contributed by atoms with Crippen LogP contribution in [0, 0.1) is 13.8 Å². The number of pyridine rings is 1. The molecule has 32 heavy (non-hydrogen) atoms. The number of aliphatic hydroxyl groups excluding tert-OH is 1. The number of hydrogen-bond donors (Lipinski definition) is 1. The lowest BCUT2D eigenvalue weighted by molar-refractivity contribution is 0.110. The third-order valence-electron chi connectivity index (χ3n) is 6.16. The highest BCUT2D eigenvalue weighted by atomic mass is 16.4. The van der Waals surface area contributed by atoms with E-state index in [1.54, 1.807) is 19.1 Å². The van der Waals surface area contributed by atoms with E-state index in [0.29, 0.717) is 28.9 Å². The lowest BCUT2D eigenvalue weighted by Gasteiger charge is -2.37. The van der Waals surface area contributed by atoms with Gasteiger partial charge in [-0.25, -0.2) is 9.78 Å². The number of hydrogen-bond acceptors (Lipinski definition) is 7. The summed E-state index contributed by atoms with van der Waals surface area (Å²) in [5.41, 5.74) is 4.74. The highest BCUT2D eigenvalue weighted by Crippen LogP contribution is 2.28. The van der Waals surface area contributed by atoms with Gasteiger partial charge in [0.15, 0.2) is 5.58 Å². The fraction of sp³-hybridized carbons (Fsp3) is 0.320. The summed E-state index contributed by atoms with van der Waals surface area (Å²) in [6, 6.07) is 15.8. The molecule has 3 heterocycles. The third kappa shape index (κ3) is 3.85. The van der Waals surface area contributed by atoms with E-state index in [1.807, 2.05) is 13.0 Å². The molecule has 1 aliphatic heterocycles. The highest BCUT2D eigenvalue weighted by molar-refractivity contribution is 5.92. The first-order valence-corrected chi connectivity index (χ1v) is 10.9. The van der Waals surface area contributed by atoms with E-state index >= 15 is 0 Å². The van der Waals surface area contributed by atoms with E-state index in [0.717, 1.165) is 37.4 Å². The van der Waals surface area contributed by atoms with Crippen LogP contribution in [0.3, 0.4) is 0 Å². The number of nitrogens with zero attached hydrogens (tertiary/aromatic N) is 4. The van der Waals surface area contributed by atoms with Gasteiger partial charge in [0, 0.05) is 55.1 Å². The minimum atomic E-state index is -0.713. The topological polar surface area (TPSA) is 82.7 Å². The van der Waals surface area contributed by atoms with E-state index in [2.05, 4.69) is 50.1 Å². The van der Waals surface area contributed by atoms with E-state index in [4.69, 9.17) is 4.42 Å². The molecule has 7 nitrogen and oxygen atoms in total. The maximum atomic E-state index is 11.8. The number of rotatable bonds is 4. The maximum absolute atomic E-state index is 11.8. The molecule has 1 fully saturated rings. The Balaban J connectivity index is 1.30. The molecule has 0 radical (unpaired) electrons. The molecular formula is C25H26N4O3. The van der Waals surface area contributed by atoms with Crippen LogP contribution in [0.4, 0.5) is 5.69 Å². The molecule has 5 rings (SSSR count). The molecule has 0 bridgehead atoms. The Kier molecular flexibility index (Phi) is 5.36. The number of piperazine rings is 1. The maximum Gasteiger partial charge on any atom is 0.357 e. The van der Waals surface area contributed by atoms with Crippen molar-refractivity contribution in [2.75, 3.05) is 37.6 Å². The van der Waals surface area contributed by atoms with Crippen LogP contribution >= 0.6 is 0 Å². The van der Waals surface area contributed by atoms with Crippen molar-refractivity contribution in [2.45, 2.75) is 20.0 Å². The van der Waals surface area contributed by atoms with Gasteiger partial charge in [-0.3, -0.25) is 9.88 Å². The number of aliphatic hydroxyl groups is 1. The molecule has 2 aromatic heterocycles. The molecule has 0 spiro atoms. The molecule has 0 aliphatic carbocycles. The second-order valence-electron chi connectivity index (χ2n) is 8.38. The van der Waals surface area contributed by atoms with Gasteiger partial charge in [0.25, 0.3) is 0 Å². The molecule has 4 aromatic rings. The van der Waals surface area contributed by atoms with E-state index in [1.165, 1.54) is 11.1 Å². The summed E-state index contributed by atoms with van der Waals surface area (Å²) in [6.45, 7) is 7.58. The first-order valence-electron chi connectivity index (χ1n) is 10.9. The van der Waals surface area contributed by atoms with Crippen molar-refractivity contribution in [1.82, 2.24) is 14.9 Å². The van der Waals surface area contributed by atoms with Crippen LogP contribution < -0.4 is 10.5 Å². The number of anilines is 1. The van der Waals surface area contributed by atoms with Crippen molar-refractivity contribution in [2.24, 2.45) is 0 Å². The number of fused-ring (bicyclic) bond motifs is 2. The Morgan fingerprint density at radius 3 is 2.59 bits per heavy atom. The summed E-state index contributed by atoms with van der Waals surface area (Å²) in [4.78, 5) is 25.5. The summed E-state index contributed by atoms with van der Waals surface area (Å²) < 4.78 is 5.32. The minimum Gasteiger partial charge on any atom is -0.420 e. The van der Waals surface area contributed by atoms with Crippen LogP contribution in [0.5, 0.6) is 0 Å². The zero-order valence-electron chi connectivity index (χ0n) is 18.3. The molecule has 7 heteroatoms. The Hall–Kier alpha value is -3.29. The smallest absolute Gasteiger partial charge is 0.357 e. The van der Waals surface area contributed by atoms with Crippen molar-refractivity contribution in [1.29, 1.82) is 0 Å². The highest BCUT2D eigenvalue weighted by Gasteiger charge is 2.23. The minimum absolute atomic E-state index is 0.297. The van der Waals surface area contributed by atoms with Crippen LogP contribution in [0.1, 0.15) is 23.1 Å². The van der Waals surface area contributed by atoms with Gasteiger partial charge in [0.2, 0.25) is 0 Å². The number of aryl methyl sites for hydroxylation is 2. The van der Waals surface area contributed by atoms with Crippen molar-refractivity contribution in [3.63, 3.8) is 0 Å². The van der Waals surface area contributed by atoms with Gasteiger partial charge in [-0.15, -0.1) is 0 Å². The number of β-amino-alcohol motifs (C(OH)–C–C–N with tert-alkyl or cyclic N) is 1. The molecule has 0 saturated carbocycles. The fourth-order valence-electron chi connectivity index (χ4n) is 4.43. The summed E-state index contributed by atoms with van der Waals surface area (Å²) in [6.07, 6.45) is -0.713. The fourth-order valence-corrected chi connectivity index (χ4v) is 4.43. The predicted molar refractivity (Wildman–Crippen MR) is 125 cm³/mol. The Bertz CT molecular complexity index is 1340. The molecule has 164 valence electrons. The first-order chi connectivity index (χ1) is 15.5. The van der Waals surface area contributed by atoms with Gasteiger partial charge < -0.3 is 14.4 Å². The van der Waals surface area contributed by atoms with Gasteiger partial charge in [0.05, 0.1) is 11.6 Å². The van der Waals surface area contributed by atoms with Crippen molar-refractivity contribution < 1.29 is 9.52 Å². The number of para-hydroxylation sites is 1. The summed E-state index contributed by atoms with van der Waals surface area (Å²) >= 11 is 0. The zero-order valence-corrected chi connectivity index (χ0v) is 18.3. The lowest BCUT2D eigenvalue weighted by atomic mass is 10.1. The van der Waals surface area contributed by atoms with Crippen LogP contribution in [0.25, 0.3) is 22.0 Å². The van der Waals surface area contributed by atoms with Gasteiger partial charge in [-0.1, -0.05) is 18.2 Å². The van der Waals surface area contributed by atoms with Crippen LogP contribution in [-0.2, 0) is 0 Å². The van der Waals surface area contributed by atoms with Gasteiger partial charge in [-0.2, -0.15) is 0 Å². The largest absolute Gasteiger partial charge is 0.420 e. The first kappa shape index (κ1) is 20.6. The molecule has 1 unspecified atom stereocenters. The number of benzene rings is 2. The van der Waals surface area contributed by atoms with Crippen molar-refractivity contribution in [3.05, 3.63) is 75.9 Å². The molecule has 1 saturated heterocycles. The lowest BCUT2D eigenvalue weighted by Crippen LogP contribution is -2.47. The monoisotopic (exact) mass is 430 g/mol. The molecular weight excluding hydrogens is 404 g/mol. The third-order valence-corrected chi connectivity index (χ3v) is 6.16. The van der Waals surface area contributed by atoms with Crippen LogP contribution in [-0.4, -0.2) is 52.7 Å². The predicted octanol–water partition coefficient (Wildman–Crippen LogP) is 3.21. The summed E-state index contributed by atoms with van der Waals surface area (Å²) in [5.74, 6) is 0. The second-order valence-corrected chi connectivity index (χ2v) is 8.38. The van der Waals surface area contributed by atoms with Crippen molar-refractivity contribution in [3.8, 4) is 0 Å².